The Labute approximate surface area is 183 Å². The molecule has 0 aliphatic carbocycles. The van der Waals surface area contributed by atoms with Crippen LogP contribution >= 0.6 is 23.2 Å². The maximum atomic E-state index is 10.5. The molecule has 0 bridgehead atoms. The summed E-state index contributed by atoms with van der Waals surface area (Å²) in [6, 6.07) is 5.12. The Hall–Kier alpha value is -1.05. The molecule has 8 heteroatoms. The Kier molecular flexibility index (Phi) is 8.45. The van der Waals surface area contributed by atoms with Crippen LogP contribution in [-0.2, 0) is 4.74 Å². The number of nitrogens with zero attached hydrogens (tertiary/aromatic N) is 2. The van der Waals surface area contributed by atoms with Crippen LogP contribution < -0.4 is 10.6 Å². The summed E-state index contributed by atoms with van der Waals surface area (Å²) in [7, 11) is 0. The SMILES string of the molecule is CCNC(=NCC1(N2CCCC2)CCOCC1)NCC(O)c1cc(Cl)cc(Cl)c1. The van der Waals surface area contributed by atoms with E-state index < -0.39 is 6.10 Å². The molecule has 2 saturated heterocycles. The van der Waals surface area contributed by atoms with Gasteiger partial charge in [-0.15, -0.1) is 0 Å². The zero-order valence-electron chi connectivity index (χ0n) is 17.1. The second kappa shape index (κ2) is 10.8. The van der Waals surface area contributed by atoms with E-state index in [1.165, 1.54) is 12.8 Å². The molecule has 0 amide bonds. The van der Waals surface area contributed by atoms with E-state index in [0.29, 0.717) is 28.1 Å². The number of aliphatic imine (C=N–C) groups is 1. The fourth-order valence-electron chi connectivity index (χ4n) is 4.16. The van der Waals surface area contributed by atoms with Crippen LogP contribution in [0.4, 0.5) is 0 Å². The van der Waals surface area contributed by atoms with Crippen molar-refractivity contribution in [2.24, 2.45) is 4.99 Å². The number of hydrogen-bond donors (Lipinski definition) is 3. The van der Waals surface area contributed by atoms with Crippen molar-refractivity contribution >= 4 is 29.2 Å². The molecule has 0 spiro atoms. The van der Waals surface area contributed by atoms with Crippen molar-refractivity contribution in [2.45, 2.75) is 44.2 Å². The van der Waals surface area contributed by atoms with E-state index in [-0.39, 0.29) is 5.54 Å². The highest BCUT2D eigenvalue weighted by molar-refractivity contribution is 6.34. The summed E-state index contributed by atoms with van der Waals surface area (Å²) >= 11 is 12.1. The van der Waals surface area contributed by atoms with Crippen LogP contribution in [0, 0.1) is 0 Å². The van der Waals surface area contributed by atoms with E-state index in [4.69, 9.17) is 32.9 Å². The third kappa shape index (κ3) is 6.22. The number of benzene rings is 1. The molecule has 1 aromatic rings. The number of nitrogens with one attached hydrogen (secondary N) is 2. The molecular formula is C21H32Cl2N4O2. The second-order valence-electron chi connectivity index (χ2n) is 7.83. The molecule has 2 aliphatic rings. The molecule has 1 atom stereocenters. The molecule has 29 heavy (non-hydrogen) atoms. The first kappa shape index (κ1) is 22.6. The van der Waals surface area contributed by atoms with Crippen molar-refractivity contribution < 1.29 is 9.84 Å². The normalized spacial score (nSPS) is 21.2. The predicted molar refractivity (Wildman–Crippen MR) is 119 cm³/mol. The standard InChI is InChI=1S/C21H32Cl2N4O2/c1-2-24-20(25-14-19(28)16-11-17(22)13-18(23)12-16)26-15-21(5-9-29-10-6-21)27-7-3-4-8-27/h11-13,19,28H,2-10,14-15H2,1H3,(H2,24,25,26). The number of guanidine groups is 1. The minimum atomic E-state index is -0.731. The van der Waals surface area contributed by atoms with Gasteiger partial charge in [0.1, 0.15) is 0 Å². The molecule has 3 rings (SSSR count). The number of rotatable bonds is 7. The molecule has 0 aromatic heterocycles. The Balaban J connectivity index is 1.65. The molecule has 6 nitrogen and oxygen atoms in total. The van der Waals surface area contributed by atoms with Crippen molar-refractivity contribution in [3.8, 4) is 0 Å². The monoisotopic (exact) mass is 442 g/mol. The Bertz CT molecular complexity index is 669. The van der Waals surface area contributed by atoms with Crippen molar-refractivity contribution in [1.82, 2.24) is 15.5 Å². The smallest absolute Gasteiger partial charge is 0.191 e. The van der Waals surface area contributed by atoms with Crippen LogP contribution in [0.3, 0.4) is 0 Å². The fourth-order valence-corrected chi connectivity index (χ4v) is 4.71. The largest absolute Gasteiger partial charge is 0.387 e. The highest BCUT2D eigenvalue weighted by Crippen LogP contribution is 2.31. The van der Waals surface area contributed by atoms with Gasteiger partial charge >= 0.3 is 0 Å². The van der Waals surface area contributed by atoms with Crippen LogP contribution in [0.15, 0.2) is 23.2 Å². The van der Waals surface area contributed by atoms with Crippen LogP contribution in [-0.4, -0.2) is 67.4 Å². The Morgan fingerprint density at radius 3 is 2.45 bits per heavy atom. The quantitative estimate of drug-likeness (QED) is 0.446. The van der Waals surface area contributed by atoms with E-state index >= 15 is 0 Å². The second-order valence-corrected chi connectivity index (χ2v) is 8.70. The van der Waals surface area contributed by atoms with Crippen molar-refractivity contribution in [3.63, 3.8) is 0 Å². The molecule has 1 unspecified atom stereocenters. The summed E-state index contributed by atoms with van der Waals surface area (Å²) in [5, 5.41) is 18.1. The summed E-state index contributed by atoms with van der Waals surface area (Å²) in [6.07, 6.45) is 3.82. The van der Waals surface area contributed by atoms with Gasteiger partial charge in [-0.25, -0.2) is 0 Å². The van der Waals surface area contributed by atoms with Crippen LogP contribution in [0.2, 0.25) is 10.0 Å². The lowest BCUT2D eigenvalue weighted by atomic mass is 9.88. The summed E-state index contributed by atoms with van der Waals surface area (Å²) in [4.78, 5) is 7.49. The summed E-state index contributed by atoms with van der Waals surface area (Å²) in [6.45, 7) is 7.73. The molecule has 2 heterocycles. The first-order chi connectivity index (χ1) is 14.0. The highest BCUT2D eigenvalue weighted by Gasteiger charge is 2.39. The summed E-state index contributed by atoms with van der Waals surface area (Å²) in [5.74, 6) is 0.713. The zero-order valence-corrected chi connectivity index (χ0v) is 18.6. The van der Waals surface area contributed by atoms with Gasteiger partial charge in [0, 0.05) is 41.9 Å². The average molecular weight is 443 g/mol. The Morgan fingerprint density at radius 2 is 1.83 bits per heavy atom. The highest BCUT2D eigenvalue weighted by atomic mass is 35.5. The first-order valence-corrected chi connectivity index (χ1v) is 11.3. The van der Waals surface area contributed by atoms with E-state index in [2.05, 4.69) is 15.5 Å². The lowest BCUT2D eigenvalue weighted by Gasteiger charge is -2.43. The third-order valence-corrected chi connectivity index (χ3v) is 6.25. The van der Waals surface area contributed by atoms with E-state index in [0.717, 1.165) is 52.2 Å². The summed E-state index contributed by atoms with van der Waals surface area (Å²) < 4.78 is 5.62. The van der Waals surface area contributed by atoms with E-state index in [9.17, 15) is 5.11 Å². The molecule has 162 valence electrons. The van der Waals surface area contributed by atoms with Crippen molar-refractivity contribution in [3.05, 3.63) is 33.8 Å². The average Bonchev–Trinajstić information content (AvgIpc) is 3.25. The van der Waals surface area contributed by atoms with Gasteiger partial charge in [-0.2, -0.15) is 0 Å². The molecule has 0 radical (unpaired) electrons. The van der Waals surface area contributed by atoms with Gasteiger partial charge in [-0.3, -0.25) is 9.89 Å². The van der Waals surface area contributed by atoms with Crippen molar-refractivity contribution in [1.29, 1.82) is 0 Å². The molecule has 3 N–H and O–H groups in total. The topological polar surface area (TPSA) is 69.1 Å². The maximum Gasteiger partial charge on any atom is 0.191 e. The lowest BCUT2D eigenvalue weighted by molar-refractivity contribution is -0.0139. The number of aliphatic hydroxyl groups is 1. The predicted octanol–water partition coefficient (Wildman–Crippen LogP) is 3.23. The minimum absolute atomic E-state index is 0.0796. The fraction of sp³-hybridized carbons (Fsp3) is 0.667. The first-order valence-electron chi connectivity index (χ1n) is 10.5. The number of halogens is 2. The van der Waals surface area contributed by atoms with Crippen LogP contribution in [0.1, 0.15) is 44.3 Å². The number of likely N-dealkylation sites (tertiary alicyclic amines) is 1. The zero-order chi connectivity index (χ0) is 20.7. The summed E-state index contributed by atoms with van der Waals surface area (Å²) in [5.41, 5.74) is 0.764. The van der Waals surface area contributed by atoms with Gasteiger partial charge in [-0.05, 0) is 69.5 Å². The van der Waals surface area contributed by atoms with Gasteiger partial charge in [0.2, 0.25) is 0 Å². The van der Waals surface area contributed by atoms with Gasteiger partial charge in [0.15, 0.2) is 5.96 Å². The van der Waals surface area contributed by atoms with Gasteiger partial charge < -0.3 is 20.5 Å². The molecule has 2 aliphatic heterocycles. The Morgan fingerprint density at radius 1 is 1.17 bits per heavy atom. The molecular weight excluding hydrogens is 411 g/mol. The van der Waals surface area contributed by atoms with Gasteiger partial charge in [-0.1, -0.05) is 23.2 Å². The lowest BCUT2D eigenvalue weighted by Crippen LogP contribution is -2.54. The number of hydrogen-bond acceptors (Lipinski definition) is 4. The van der Waals surface area contributed by atoms with Gasteiger partial charge in [0.05, 0.1) is 12.6 Å². The molecule has 0 saturated carbocycles. The van der Waals surface area contributed by atoms with Crippen LogP contribution in [0.25, 0.3) is 0 Å². The van der Waals surface area contributed by atoms with E-state index in [1.54, 1.807) is 18.2 Å². The minimum Gasteiger partial charge on any atom is -0.387 e. The third-order valence-electron chi connectivity index (χ3n) is 5.81. The van der Waals surface area contributed by atoms with Crippen molar-refractivity contribution in [2.75, 3.05) is 45.9 Å². The van der Waals surface area contributed by atoms with Crippen LogP contribution in [0.5, 0.6) is 0 Å². The number of aliphatic hydroxyl groups excluding tert-OH is 1. The van der Waals surface area contributed by atoms with Gasteiger partial charge in [0.25, 0.3) is 0 Å². The number of ether oxygens (including phenoxy) is 1. The molecule has 1 aromatic carbocycles. The van der Waals surface area contributed by atoms with E-state index in [1.807, 2.05) is 6.92 Å². The molecule has 2 fully saturated rings. The maximum absolute atomic E-state index is 10.5.